The van der Waals surface area contributed by atoms with Gasteiger partial charge in [0.15, 0.2) is 5.13 Å². The number of rotatable bonds is 4. The van der Waals surface area contributed by atoms with Gasteiger partial charge in [-0.1, -0.05) is 23.7 Å². The molecule has 0 aliphatic carbocycles. The van der Waals surface area contributed by atoms with E-state index in [-0.39, 0.29) is 23.5 Å². The quantitative estimate of drug-likeness (QED) is 0.610. The van der Waals surface area contributed by atoms with E-state index >= 15 is 0 Å². The second-order valence-corrected chi connectivity index (χ2v) is 8.43. The van der Waals surface area contributed by atoms with Crippen LogP contribution in [0, 0.1) is 11.7 Å². The highest BCUT2D eigenvalue weighted by Gasteiger charge is 2.29. The summed E-state index contributed by atoms with van der Waals surface area (Å²) in [7, 11) is 0. The number of carbonyl (C=O) groups is 2. The monoisotopic (exact) mass is 443 g/mol. The Morgan fingerprint density at radius 3 is 2.60 bits per heavy atom. The molecule has 1 unspecified atom stereocenters. The van der Waals surface area contributed by atoms with Gasteiger partial charge in [-0.25, -0.2) is 9.37 Å². The van der Waals surface area contributed by atoms with Crippen molar-refractivity contribution in [2.24, 2.45) is 5.92 Å². The maximum Gasteiger partial charge on any atom is 0.253 e. The molecule has 30 heavy (non-hydrogen) atoms. The van der Waals surface area contributed by atoms with E-state index in [1.807, 2.05) is 17.5 Å². The van der Waals surface area contributed by atoms with Gasteiger partial charge in [0.05, 0.1) is 11.6 Å². The van der Waals surface area contributed by atoms with Gasteiger partial charge >= 0.3 is 0 Å². The van der Waals surface area contributed by atoms with Crippen LogP contribution in [0.15, 0.2) is 53.9 Å². The van der Waals surface area contributed by atoms with E-state index in [1.54, 1.807) is 17.0 Å². The molecule has 5 nitrogen and oxygen atoms in total. The fraction of sp³-hybridized carbons (Fsp3) is 0.227. The molecule has 4 rings (SSSR count). The second-order valence-electron chi connectivity index (χ2n) is 7.13. The molecule has 1 aliphatic rings. The number of piperidine rings is 1. The van der Waals surface area contributed by atoms with Gasteiger partial charge in [0, 0.05) is 34.6 Å². The molecule has 1 N–H and O–H groups in total. The van der Waals surface area contributed by atoms with Crippen LogP contribution in [0.25, 0.3) is 11.3 Å². The third kappa shape index (κ3) is 4.68. The first-order valence-electron chi connectivity index (χ1n) is 9.57. The summed E-state index contributed by atoms with van der Waals surface area (Å²) in [6.07, 6.45) is 1.44. The number of aromatic nitrogens is 1. The number of likely N-dealkylation sites (tertiary alicyclic amines) is 1. The van der Waals surface area contributed by atoms with Crippen LogP contribution in [0.2, 0.25) is 5.02 Å². The molecule has 0 bridgehead atoms. The van der Waals surface area contributed by atoms with Crippen LogP contribution in [0.1, 0.15) is 23.2 Å². The third-order valence-corrected chi connectivity index (χ3v) is 6.05. The van der Waals surface area contributed by atoms with Gasteiger partial charge in [-0.2, -0.15) is 0 Å². The lowest BCUT2D eigenvalue weighted by molar-refractivity contribution is -0.121. The number of carbonyl (C=O) groups excluding carboxylic acids is 2. The van der Waals surface area contributed by atoms with Crippen LogP contribution in [0.3, 0.4) is 0 Å². The highest BCUT2D eigenvalue weighted by molar-refractivity contribution is 7.14. The highest BCUT2D eigenvalue weighted by atomic mass is 35.5. The molecule has 1 saturated heterocycles. The summed E-state index contributed by atoms with van der Waals surface area (Å²) in [5, 5.41) is 5.93. The van der Waals surface area contributed by atoms with Crippen molar-refractivity contribution in [1.29, 1.82) is 0 Å². The maximum atomic E-state index is 13.1. The SMILES string of the molecule is O=C(Nc1nc(-c2ccc(Cl)cc2)cs1)C1CCCN(C(=O)c2ccc(F)cc2)C1. The molecule has 8 heteroatoms. The Kier molecular flexibility index (Phi) is 6.11. The van der Waals surface area contributed by atoms with Gasteiger partial charge in [-0.3, -0.25) is 9.59 Å². The van der Waals surface area contributed by atoms with Crippen LogP contribution in [0.4, 0.5) is 9.52 Å². The Balaban J connectivity index is 1.39. The fourth-order valence-electron chi connectivity index (χ4n) is 3.44. The predicted octanol–water partition coefficient (Wildman–Crippen LogP) is 5.09. The van der Waals surface area contributed by atoms with Crippen LogP contribution in [0.5, 0.6) is 0 Å². The molecule has 1 aromatic heterocycles. The van der Waals surface area contributed by atoms with E-state index in [4.69, 9.17) is 11.6 Å². The van der Waals surface area contributed by atoms with Crippen LogP contribution >= 0.6 is 22.9 Å². The van der Waals surface area contributed by atoms with E-state index in [0.717, 1.165) is 17.7 Å². The van der Waals surface area contributed by atoms with Crippen molar-refractivity contribution in [2.45, 2.75) is 12.8 Å². The number of nitrogens with zero attached hydrogens (tertiary/aromatic N) is 2. The number of anilines is 1. The smallest absolute Gasteiger partial charge is 0.253 e. The lowest BCUT2D eigenvalue weighted by Gasteiger charge is -2.32. The number of halogens is 2. The minimum absolute atomic E-state index is 0.149. The van der Waals surface area contributed by atoms with Crippen LogP contribution in [-0.2, 0) is 4.79 Å². The summed E-state index contributed by atoms with van der Waals surface area (Å²) in [6.45, 7) is 0.912. The zero-order valence-corrected chi connectivity index (χ0v) is 17.5. The Hall–Kier alpha value is -2.77. The first kappa shape index (κ1) is 20.5. The first-order valence-corrected chi connectivity index (χ1v) is 10.8. The molecule has 0 radical (unpaired) electrons. The number of hydrogen-bond donors (Lipinski definition) is 1. The summed E-state index contributed by atoms with van der Waals surface area (Å²) < 4.78 is 13.1. The average molecular weight is 444 g/mol. The van der Waals surface area contributed by atoms with Crippen LogP contribution < -0.4 is 5.32 Å². The Morgan fingerprint density at radius 2 is 1.87 bits per heavy atom. The summed E-state index contributed by atoms with van der Waals surface area (Å²) in [6, 6.07) is 12.8. The standard InChI is InChI=1S/C22H19ClFN3O2S/c23-17-7-3-14(4-8-17)19-13-30-22(25-19)26-20(28)16-2-1-11-27(12-16)21(29)15-5-9-18(24)10-6-15/h3-10,13,16H,1-2,11-12H2,(H,25,26,28). The van der Waals surface area contributed by atoms with E-state index in [0.29, 0.717) is 35.2 Å². The number of hydrogen-bond acceptors (Lipinski definition) is 4. The number of amides is 2. The molecule has 2 aromatic carbocycles. The Morgan fingerprint density at radius 1 is 1.13 bits per heavy atom. The van der Waals surface area contributed by atoms with E-state index in [9.17, 15) is 14.0 Å². The van der Waals surface area contributed by atoms with Gasteiger partial charge in [0.2, 0.25) is 5.91 Å². The number of benzene rings is 2. The van der Waals surface area contributed by atoms with Crippen molar-refractivity contribution in [2.75, 3.05) is 18.4 Å². The first-order chi connectivity index (χ1) is 14.5. The van der Waals surface area contributed by atoms with Gasteiger partial charge < -0.3 is 10.2 Å². The van der Waals surface area contributed by atoms with Gasteiger partial charge in [0.25, 0.3) is 5.91 Å². The van der Waals surface area contributed by atoms with Crippen molar-refractivity contribution in [3.63, 3.8) is 0 Å². The third-order valence-electron chi connectivity index (χ3n) is 5.04. The topological polar surface area (TPSA) is 62.3 Å². The zero-order valence-electron chi connectivity index (χ0n) is 16.0. The predicted molar refractivity (Wildman–Crippen MR) is 116 cm³/mol. The van der Waals surface area contributed by atoms with Crippen molar-refractivity contribution in [1.82, 2.24) is 9.88 Å². The molecule has 3 aromatic rings. The maximum absolute atomic E-state index is 13.1. The van der Waals surface area contributed by atoms with Crippen molar-refractivity contribution < 1.29 is 14.0 Å². The largest absolute Gasteiger partial charge is 0.338 e. The molecule has 0 spiro atoms. The molecule has 1 atom stereocenters. The Labute approximate surface area is 182 Å². The normalized spacial score (nSPS) is 16.3. The van der Waals surface area contributed by atoms with Crippen LogP contribution in [-0.4, -0.2) is 34.8 Å². The zero-order chi connectivity index (χ0) is 21.1. The van der Waals surface area contributed by atoms with Gasteiger partial charge in [0.1, 0.15) is 5.82 Å². The van der Waals surface area contributed by atoms with Gasteiger partial charge in [-0.05, 0) is 49.2 Å². The molecule has 1 aliphatic heterocycles. The van der Waals surface area contributed by atoms with Crippen molar-refractivity contribution >= 4 is 39.9 Å². The Bertz CT molecular complexity index is 1050. The summed E-state index contributed by atoms with van der Waals surface area (Å²) >= 11 is 7.27. The second kappa shape index (κ2) is 8.93. The van der Waals surface area contributed by atoms with E-state index in [2.05, 4.69) is 10.3 Å². The molecule has 1 fully saturated rings. The average Bonchev–Trinajstić information content (AvgIpc) is 3.23. The molecular weight excluding hydrogens is 425 g/mol. The fourth-order valence-corrected chi connectivity index (χ4v) is 4.29. The lowest BCUT2D eigenvalue weighted by Crippen LogP contribution is -2.43. The summed E-state index contributed by atoms with van der Waals surface area (Å²) in [4.78, 5) is 31.6. The van der Waals surface area contributed by atoms with E-state index in [1.165, 1.54) is 35.6 Å². The summed E-state index contributed by atoms with van der Waals surface area (Å²) in [5.74, 6) is -1.04. The molecular formula is C22H19ClFN3O2S. The number of thiazole rings is 1. The number of nitrogens with one attached hydrogen (secondary N) is 1. The minimum atomic E-state index is -0.385. The highest BCUT2D eigenvalue weighted by Crippen LogP contribution is 2.27. The molecule has 2 amide bonds. The van der Waals surface area contributed by atoms with Crippen molar-refractivity contribution in [3.8, 4) is 11.3 Å². The van der Waals surface area contributed by atoms with Crippen molar-refractivity contribution in [3.05, 3.63) is 70.3 Å². The molecule has 2 heterocycles. The van der Waals surface area contributed by atoms with E-state index < -0.39 is 0 Å². The minimum Gasteiger partial charge on any atom is -0.338 e. The molecule has 154 valence electrons. The van der Waals surface area contributed by atoms with Gasteiger partial charge in [-0.15, -0.1) is 11.3 Å². The molecule has 0 saturated carbocycles. The summed E-state index contributed by atoms with van der Waals surface area (Å²) in [5.41, 5.74) is 2.11. The lowest BCUT2D eigenvalue weighted by atomic mass is 9.96.